The molecule has 0 amide bonds. The summed E-state index contributed by atoms with van der Waals surface area (Å²) in [4.78, 5) is 1.31. The largest absolute Gasteiger partial charge is 0.128 e. The van der Waals surface area contributed by atoms with E-state index < -0.39 is 0 Å². The molecule has 1 rings (SSSR count). The average molecular weight is 174 g/mol. The molecule has 0 fully saturated rings. The maximum atomic E-state index is 5.77. The van der Waals surface area contributed by atoms with Crippen molar-refractivity contribution in [1.82, 2.24) is 0 Å². The number of halogens is 1. The summed E-state index contributed by atoms with van der Waals surface area (Å²) in [7, 11) is 0. The topological polar surface area (TPSA) is 0 Å². The van der Waals surface area contributed by atoms with Gasteiger partial charge in [-0.05, 0) is 18.6 Å². The minimum absolute atomic E-state index is 0.878. The molecule has 2 heteroatoms. The standard InChI is InChI=1S/C8H10ClS/c1-3-6(2)7-4-5-8(9)10-7/h4-5H,3H2,1-2H3. The van der Waals surface area contributed by atoms with Crippen molar-refractivity contribution in [2.45, 2.75) is 20.3 Å². The first-order valence-corrected chi connectivity index (χ1v) is 4.51. The Morgan fingerprint density at radius 3 is 2.70 bits per heavy atom. The molecule has 1 aromatic heterocycles. The molecule has 1 aromatic rings. The lowest BCUT2D eigenvalue weighted by Gasteiger charge is -2.01. The average Bonchev–Trinajstić information content (AvgIpc) is 2.34. The van der Waals surface area contributed by atoms with Gasteiger partial charge in [0.15, 0.2) is 0 Å². The number of hydrogen-bond donors (Lipinski definition) is 0. The highest BCUT2D eigenvalue weighted by atomic mass is 35.5. The van der Waals surface area contributed by atoms with E-state index >= 15 is 0 Å². The van der Waals surface area contributed by atoms with Crippen LogP contribution in [0.4, 0.5) is 0 Å². The summed E-state index contributed by atoms with van der Waals surface area (Å²) in [6, 6.07) is 4.02. The quantitative estimate of drug-likeness (QED) is 0.639. The Balaban J connectivity index is 2.74. The Morgan fingerprint density at radius 1 is 1.60 bits per heavy atom. The van der Waals surface area contributed by atoms with Gasteiger partial charge >= 0.3 is 0 Å². The lowest BCUT2D eigenvalue weighted by Crippen LogP contribution is -1.85. The predicted molar refractivity (Wildman–Crippen MR) is 47.6 cm³/mol. The lowest BCUT2D eigenvalue weighted by molar-refractivity contribution is 0.974. The molecule has 10 heavy (non-hydrogen) atoms. The van der Waals surface area contributed by atoms with Gasteiger partial charge in [0.05, 0.1) is 4.34 Å². The van der Waals surface area contributed by atoms with Crippen molar-refractivity contribution in [1.29, 1.82) is 0 Å². The van der Waals surface area contributed by atoms with Crippen LogP contribution in [0.25, 0.3) is 0 Å². The van der Waals surface area contributed by atoms with Crippen LogP contribution in [0.15, 0.2) is 12.1 Å². The van der Waals surface area contributed by atoms with Crippen LogP contribution in [0.2, 0.25) is 4.34 Å². The molecule has 0 atom stereocenters. The van der Waals surface area contributed by atoms with E-state index in [4.69, 9.17) is 11.6 Å². The van der Waals surface area contributed by atoms with E-state index in [2.05, 4.69) is 19.9 Å². The third-order valence-electron chi connectivity index (χ3n) is 1.52. The van der Waals surface area contributed by atoms with E-state index in [0.717, 1.165) is 10.8 Å². The number of hydrogen-bond acceptors (Lipinski definition) is 1. The maximum Gasteiger partial charge on any atom is 0.0931 e. The van der Waals surface area contributed by atoms with Crippen LogP contribution in [0.3, 0.4) is 0 Å². The van der Waals surface area contributed by atoms with Crippen molar-refractivity contribution in [2.24, 2.45) is 0 Å². The Bertz CT molecular complexity index is 205. The van der Waals surface area contributed by atoms with Crippen LogP contribution < -0.4 is 0 Å². The van der Waals surface area contributed by atoms with E-state index in [0.29, 0.717) is 0 Å². The zero-order chi connectivity index (χ0) is 7.56. The molecule has 0 aliphatic rings. The van der Waals surface area contributed by atoms with E-state index in [-0.39, 0.29) is 0 Å². The SMILES string of the molecule is CC[C](C)c1ccc(Cl)s1. The minimum atomic E-state index is 0.878. The third-order valence-corrected chi connectivity index (χ3v) is 2.92. The normalized spacial score (nSPS) is 10.8. The second kappa shape index (κ2) is 3.40. The van der Waals surface area contributed by atoms with E-state index in [1.807, 2.05) is 6.07 Å². The summed E-state index contributed by atoms with van der Waals surface area (Å²) in [5, 5.41) is 0. The molecule has 0 aliphatic carbocycles. The fourth-order valence-electron chi connectivity index (χ4n) is 0.718. The van der Waals surface area contributed by atoms with E-state index in [1.54, 1.807) is 11.3 Å². The molecular weight excluding hydrogens is 164 g/mol. The molecule has 1 radical (unpaired) electrons. The smallest absolute Gasteiger partial charge is 0.0931 e. The van der Waals surface area contributed by atoms with Crippen molar-refractivity contribution in [2.75, 3.05) is 0 Å². The van der Waals surface area contributed by atoms with Gasteiger partial charge in [-0.2, -0.15) is 0 Å². The fraction of sp³-hybridized carbons (Fsp3) is 0.375. The molecule has 0 saturated heterocycles. The molecule has 0 saturated carbocycles. The molecule has 55 valence electrons. The highest BCUT2D eigenvalue weighted by Crippen LogP contribution is 2.28. The molecule has 0 unspecified atom stereocenters. The highest BCUT2D eigenvalue weighted by molar-refractivity contribution is 7.16. The van der Waals surface area contributed by atoms with Gasteiger partial charge in [0.1, 0.15) is 0 Å². The van der Waals surface area contributed by atoms with Gasteiger partial charge in [-0.15, -0.1) is 11.3 Å². The van der Waals surface area contributed by atoms with Crippen molar-refractivity contribution >= 4 is 22.9 Å². The van der Waals surface area contributed by atoms with Gasteiger partial charge < -0.3 is 0 Å². The molecule has 0 spiro atoms. The van der Waals surface area contributed by atoms with Crippen LogP contribution in [-0.4, -0.2) is 0 Å². The van der Waals surface area contributed by atoms with Crippen molar-refractivity contribution < 1.29 is 0 Å². The third kappa shape index (κ3) is 1.74. The summed E-state index contributed by atoms with van der Waals surface area (Å²) in [6.07, 6.45) is 1.11. The second-order valence-corrected chi connectivity index (χ2v) is 3.95. The summed E-state index contributed by atoms with van der Waals surface area (Å²) in [5.41, 5.74) is 0. The van der Waals surface area contributed by atoms with Crippen LogP contribution in [0, 0.1) is 5.92 Å². The molecular formula is C8H10ClS. The molecule has 1 heterocycles. The lowest BCUT2D eigenvalue weighted by atomic mass is 10.1. The molecule has 0 aliphatic heterocycles. The van der Waals surface area contributed by atoms with E-state index in [9.17, 15) is 0 Å². The number of thiophene rings is 1. The van der Waals surface area contributed by atoms with Gasteiger partial charge in [-0.25, -0.2) is 0 Å². The summed E-state index contributed by atoms with van der Waals surface area (Å²) in [5.74, 6) is 1.41. The van der Waals surface area contributed by atoms with Crippen molar-refractivity contribution in [3.8, 4) is 0 Å². The maximum absolute atomic E-state index is 5.77. The summed E-state index contributed by atoms with van der Waals surface area (Å²) >= 11 is 7.42. The first kappa shape index (κ1) is 8.09. The molecule has 0 aromatic carbocycles. The molecule has 0 nitrogen and oxygen atoms in total. The monoisotopic (exact) mass is 173 g/mol. The van der Waals surface area contributed by atoms with Gasteiger partial charge in [0.2, 0.25) is 0 Å². The number of rotatable bonds is 2. The zero-order valence-electron chi connectivity index (χ0n) is 6.15. The van der Waals surface area contributed by atoms with Crippen LogP contribution in [-0.2, 0) is 0 Å². The predicted octanol–water partition coefficient (Wildman–Crippen LogP) is 3.75. The van der Waals surface area contributed by atoms with Gasteiger partial charge in [-0.1, -0.05) is 25.4 Å². The van der Waals surface area contributed by atoms with E-state index in [1.165, 1.54) is 10.8 Å². The van der Waals surface area contributed by atoms with Gasteiger partial charge in [0, 0.05) is 10.8 Å². The Morgan fingerprint density at radius 2 is 2.30 bits per heavy atom. The second-order valence-electron chi connectivity index (χ2n) is 2.24. The van der Waals surface area contributed by atoms with Crippen LogP contribution >= 0.6 is 22.9 Å². The Kier molecular flexibility index (Phi) is 2.75. The minimum Gasteiger partial charge on any atom is -0.128 e. The first-order chi connectivity index (χ1) is 4.74. The summed E-state index contributed by atoms with van der Waals surface area (Å²) in [6.45, 7) is 4.30. The summed E-state index contributed by atoms with van der Waals surface area (Å²) < 4.78 is 0.878. The van der Waals surface area contributed by atoms with Gasteiger partial charge in [-0.3, -0.25) is 0 Å². The fourth-order valence-corrected chi connectivity index (χ4v) is 1.83. The highest BCUT2D eigenvalue weighted by Gasteiger charge is 2.05. The first-order valence-electron chi connectivity index (χ1n) is 3.32. The zero-order valence-corrected chi connectivity index (χ0v) is 7.72. The van der Waals surface area contributed by atoms with Crippen LogP contribution in [0.5, 0.6) is 0 Å². The molecule has 0 bridgehead atoms. The Hall–Kier alpha value is -0.0100. The molecule has 0 N–H and O–H groups in total. The Labute approximate surface area is 70.8 Å². The van der Waals surface area contributed by atoms with Crippen LogP contribution in [0.1, 0.15) is 25.1 Å². The van der Waals surface area contributed by atoms with Crippen molar-refractivity contribution in [3.05, 3.63) is 27.3 Å². The van der Waals surface area contributed by atoms with Gasteiger partial charge in [0.25, 0.3) is 0 Å². The van der Waals surface area contributed by atoms with Crippen molar-refractivity contribution in [3.63, 3.8) is 0 Å².